The summed E-state index contributed by atoms with van der Waals surface area (Å²) in [6, 6.07) is 4.25. The molecule has 3 nitrogen and oxygen atoms in total. The van der Waals surface area contributed by atoms with Gasteiger partial charge in [-0.3, -0.25) is 0 Å². The normalized spacial score (nSPS) is 20.1. The molecule has 1 aliphatic heterocycles. The molecule has 0 amide bonds. The lowest BCUT2D eigenvalue weighted by atomic mass is 9.97. The second kappa shape index (κ2) is 3.91. The Bertz CT molecular complexity index is 438. The lowest BCUT2D eigenvalue weighted by Crippen LogP contribution is -2.25. The van der Waals surface area contributed by atoms with Crippen LogP contribution >= 0.6 is 0 Å². The van der Waals surface area contributed by atoms with Crippen LogP contribution in [0.2, 0.25) is 0 Å². The third-order valence-electron chi connectivity index (χ3n) is 3.68. The number of hydrogen-bond acceptors (Lipinski definition) is 3. The van der Waals surface area contributed by atoms with Crippen LogP contribution in [0.1, 0.15) is 30.9 Å². The topological polar surface area (TPSA) is 44.5 Å². The van der Waals surface area contributed by atoms with Crippen molar-refractivity contribution in [3.05, 3.63) is 23.3 Å². The van der Waals surface area contributed by atoms with Crippen molar-refractivity contribution >= 4 is 0 Å². The molecule has 1 aliphatic carbocycles. The minimum Gasteiger partial charge on any atom is -0.486 e. The Morgan fingerprint density at radius 2 is 1.71 bits per heavy atom. The number of fused-ring (bicyclic) bond motifs is 1. The second-order valence-electron chi connectivity index (χ2n) is 5.16. The van der Waals surface area contributed by atoms with Gasteiger partial charge in [0.15, 0.2) is 11.5 Å². The van der Waals surface area contributed by atoms with E-state index in [1.54, 1.807) is 0 Å². The van der Waals surface area contributed by atoms with Crippen LogP contribution in [0.15, 0.2) is 12.1 Å². The Labute approximate surface area is 102 Å². The van der Waals surface area contributed by atoms with Crippen LogP contribution in [-0.2, 0) is 12.8 Å². The Kier molecular flexibility index (Phi) is 2.51. The van der Waals surface area contributed by atoms with E-state index in [0.717, 1.165) is 37.2 Å². The van der Waals surface area contributed by atoms with Crippen molar-refractivity contribution in [3.63, 3.8) is 0 Å². The van der Waals surface area contributed by atoms with E-state index in [1.165, 1.54) is 11.1 Å². The average Bonchev–Trinajstić information content (AvgIpc) is 3.06. The first-order valence-corrected chi connectivity index (χ1v) is 6.40. The van der Waals surface area contributed by atoms with Crippen molar-refractivity contribution in [2.75, 3.05) is 13.2 Å². The van der Waals surface area contributed by atoms with Crippen LogP contribution in [0.5, 0.6) is 11.5 Å². The second-order valence-corrected chi connectivity index (χ2v) is 5.16. The molecule has 0 saturated heterocycles. The van der Waals surface area contributed by atoms with Crippen LogP contribution in [0, 0.1) is 0 Å². The highest BCUT2D eigenvalue weighted by Gasteiger charge is 2.38. The van der Waals surface area contributed by atoms with Crippen molar-refractivity contribution in [3.8, 4) is 11.5 Å². The lowest BCUT2D eigenvalue weighted by molar-refractivity contribution is 0.171. The summed E-state index contributed by atoms with van der Waals surface area (Å²) in [5, 5.41) is 0. The maximum Gasteiger partial charge on any atom is 0.161 e. The highest BCUT2D eigenvalue weighted by molar-refractivity contribution is 5.49. The van der Waals surface area contributed by atoms with Gasteiger partial charge in [-0.05, 0) is 48.9 Å². The Morgan fingerprint density at radius 3 is 2.24 bits per heavy atom. The van der Waals surface area contributed by atoms with E-state index in [-0.39, 0.29) is 5.54 Å². The first-order valence-electron chi connectivity index (χ1n) is 6.40. The van der Waals surface area contributed by atoms with Gasteiger partial charge in [0.1, 0.15) is 13.2 Å². The van der Waals surface area contributed by atoms with Crippen LogP contribution in [-0.4, -0.2) is 18.8 Å². The third kappa shape index (κ3) is 2.12. The molecule has 3 rings (SSSR count). The molecule has 1 heterocycles. The molecular formula is C14H19NO2. The van der Waals surface area contributed by atoms with Gasteiger partial charge in [0.2, 0.25) is 0 Å². The molecule has 0 spiro atoms. The maximum absolute atomic E-state index is 6.21. The van der Waals surface area contributed by atoms with Crippen LogP contribution in [0.3, 0.4) is 0 Å². The predicted octanol–water partition coefficient (Wildman–Crippen LogP) is 2.05. The molecule has 1 aromatic carbocycles. The van der Waals surface area contributed by atoms with Crippen LogP contribution in [0.4, 0.5) is 0 Å². The molecule has 0 bridgehead atoms. The van der Waals surface area contributed by atoms with Gasteiger partial charge in [-0.15, -0.1) is 0 Å². The monoisotopic (exact) mass is 233 g/mol. The molecule has 3 heteroatoms. The van der Waals surface area contributed by atoms with E-state index in [4.69, 9.17) is 15.2 Å². The molecule has 1 saturated carbocycles. The SMILES string of the molecule is CCc1cc2c(cc1CC1(N)CC1)OCCO2. The summed E-state index contributed by atoms with van der Waals surface area (Å²) < 4.78 is 11.2. The van der Waals surface area contributed by atoms with Gasteiger partial charge in [-0.1, -0.05) is 6.92 Å². The highest BCUT2D eigenvalue weighted by Crippen LogP contribution is 2.40. The summed E-state index contributed by atoms with van der Waals surface area (Å²) in [7, 11) is 0. The molecular weight excluding hydrogens is 214 g/mol. The smallest absolute Gasteiger partial charge is 0.161 e. The van der Waals surface area contributed by atoms with Gasteiger partial charge < -0.3 is 15.2 Å². The van der Waals surface area contributed by atoms with Crippen molar-refractivity contribution in [2.45, 2.75) is 38.1 Å². The number of benzene rings is 1. The van der Waals surface area contributed by atoms with Gasteiger partial charge in [0.05, 0.1) is 0 Å². The Morgan fingerprint density at radius 1 is 1.12 bits per heavy atom. The summed E-state index contributed by atoms with van der Waals surface area (Å²) in [6.07, 6.45) is 4.27. The first kappa shape index (κ1) is 10.9. The highest BCUT2D eigenvalue weighted by atomic mass is 16.6. The quantitative estimate of drug-likeness (QED) is 0.869. The Hall–Kier alpha value is -1.22. The van der Waals surface area contributed by atoms with Gasteiger partial charge in [0.25, 0.3) is 0 Å². The summed E-state index contributed by atoms with van der Waals surface area (Å²) in [4.78, 5) is 0. The fourth-order valence-electron chi connectivity index (χ4n) is 2.38. The Balaban J connectivity index is 1.94. The van der Waals surface area contributed by atoms with E-state index in [0.29, 0.717) is 13.2 Å². The molecule has 0 aromatic heterocycles. The zero-order valence-corrected chi connectivity index (χ0v) is 10.3. The third-order valence-corrected chi connectivity index (χ3v) is 3.68. The molecule has 2 aliphatic rings. The lowest BCUT2D eigenvalue weighted by Gasteiger charge is -2.22. The summed E-state index contributed by atoms with van der Waals surface area (Å²) in [5.74, 6) is 1.77. The van der Waals surface area contributed by atoms with Crippen molar-refractivity contribution in [1.82, 2.24) is 0 Å². The predicted molar refractivity (Wildman–Crippen MR) is 66.7 cm³/mol. The fourth-order valence-corrected chi connectivity index (χ4v) is 2.38. The van der Waals surface area contributed by atoms with Crippen molar-refractivity contribution < 1.29 is 9.47 Å². The van der Waals surface area contributed by atoms with E-state index >= 15 is 0 Å². The number of hydrogen-bond donors (Lipinski definition) is 1. The van der Waals surface area contributed by atoms with E-state index in [2.05, 4.69) is 19.1 Å². The standard InChI is InChI=1S/C14H19NO2/c1-2-10-7-12-13(17-6-5-16-12)8-11(10)9-14(15)3-4-14/h7-8H,2-6,9,15H2,1H3. The fraction of sp³-hybridized carbons (Fsp3) is 0.571. The number of rotatable bonds is 3. The molecule has 0 radical (unpaired) electrons. The van der Waals surface area contributed by atoms with Gasteiger partial charge in [0, 0.05) is 5.54 Å². The average molecular weight is 233 g/mol. The molecule has 17 heavy (non-hydrogen) atoms. The number of aryl methyl sites for hydroxylation is 1. The minimum absolute atomic E-state index is 0.0493. The maximum atomic E-state index is 6.21. The number of ether oxygens (including phenoxy) is 2. The molecule has 0 unspecified atom stereocenters. The largest absolute Gasteiger partial charge is 0.486 e. The van der Waals surface area contributed by atoms with Gasteiger partial charge in [-0.25, -0.2) is 0 Å². The summed E-state index contributed by atoms with van der Waals surface area (Å²) in [5.41, 5.74) is 8.92. The zero-order valence-electron chi connectivity index (χ0n) is 10.3. The minimum atomic E-state index is 0.0493. The van der Waals surface area contributed by atoms with E-state index < -0.39 is 0 Å². The number of nitrogens with two attached hydrogens (primary N) is 1. The van der Waals surface area contributed by atoms with Crippen molar-refractivity contribution in [1.29, 1.82) is 0 Å². The summed E-state index contributed by atoms with van der Waals surface area (Å²) >= 11 is 0. The van der Waals surface area contributed by atoms with Gasteiger partial charge in [-0.2, -0.15) is 0 Å². The van der Waals surface area contributed by atoms with E-state index in [1.807, 2.05) is 0 Å². The molecule has 92 valence electrons. The van der Waals surface area contributed by atoms with Crippen LogP contribution in [0.25, 0.3) is 0 Å². The first-order chi connectivity index (χ1) is 8.20. The zero-order chi connectivity index (χ0) is 11.9. The molecule has 1 fully saturated rings. The van der Waals surface area contributed by atoms with Crippen LogP contribution < -0.4 is 15.2 Å². The summed E-state index contributed by atoms with van der Waals surface area (Å²) in [6.45, 7) is 3.47. The molecule has 1 aromatic rings. The molecule has 2 N–H and O–H groups in total. The van der Waals surface area contributed by atoms with Gasteiger partial charge >= 0.3 is 0 Å². The van der Waals surface area contributed by atoms with Crippen molar-refractivity contribution in [2.24, 2.45) is 5.73 Å². The molecule has 0 atom stereocenters. The van der Waals surface area contributed by atoms with E-state index in [9.17, 15) is 0 Å².